The highest BCUT2D eigenvalue weighted by molar-refractivity contribution is 5.83. The Kier molecular flexibility index (Phi) is 4.27. The quantitative estimate of drug-likeness (QED) is 0.335. The summed E-state index contributed by atoms with van der Waals surface area (Å²) >= 11 is 0. The lowest BCUT2D eigenvalue weighted by Gasteiger charge is -2.46. The van der Waals surface area contributed by atoms with Gasteiger partial charge >= 0.3 is 0 Å². The van der Waals surface area contributed by atoms with Gasteiger partial charge in [0.2, 0.25) is 5.69 Å². The lowest BCUT2D eigenvalue weighted by atomic mass is 9.59. The van der Waals surface area contributed by atoms with Crippen LogP contribution in [0.1, 0.15) is 44.5 Å². The molecule has 2 heterocycles. The maximum atomic E-state index is 2.49. The van der Waals surface area contributed by atoms with Crippen LogP contribution in [0.3, 0.4) is 0 Å². The number of hydrogen-bond donors (Lipinski definition) is 0. The van der Waals surface area contributed by atoms with Crippen LogP contribution in [0.2, 0.25) is 0 Å². The molecule has 31 heavy (non-hydrogen) atoms. The molecule has 4 aromatic rings. The number of fused-ring (bicyclic) bond motifs is 3. The van der Waals surface area contributed by atoms with E-state index in [9.17, 15) is 0 Å². The highest BCUT2D eigenvalue weighted by Gasteiger charge is 2.52. The minimum absolute atomic E-state index is 0.0206. The molecule has 0 aliphatic carbocycles. The van der Waals surface area contributed by atoms with Crippen molar-refractivity contribution >= 4 is 0 Å². The molecule has 3 aromatic carbocycles. The Morgan fingerprint density at radius 2 is 1.26 bits per heavy atom. The van der Waals surface area contributed by atoms with Crippen LogP contribution >= 0.6 is 0 Å². The van der Waals surface area contributed by atoms with Crippen LogP contribution in [0.5, 0.6) is 0 Å². The van der Waals surface area contributed by atoms with Crippen molar-refractivity contribution in [1.82, 2.24) is 4.68 Å². The lowest BCUT2D eigenvalue weighted by molar-refractivity contribution is -0.735. The van der Waals surface area contributed by atoms with Crippen molar-refractivity contribution < 1.29 is 4.68 Å². The zero-order valence-corrected chi connectivity index (χ0v) is 19.4. The molecule has 0 saturated carbocycles. The third-order valence-corrected chi connectivity index (χ3v) is 7.70. The Balaban J connectivity index is 2.02. The van der Waals surface area contributed by atoms with Gasteiger partial charge in [0.05, 0.1) is 5.56 Å². The van der Waals surface area contributed by atoms with Crippen LogP contribution in [0, 0.1) is 6.92 Å². The largest absolute Gasteiger partial charge is 0.246 e. The summed E-state index contributed by atoms with van der Waals surface area (Å²) in [5.41, 5.74) is 10.4. The summed E-state index contributed by atoms with van der Waals surface area (Å²) < 4.78 is 4.86. The smallest absolute Gasteiger partial charge is 0.123 e. The molecular formula is C29H31N2+. The van der Waals surface area contributed by atoms with E-state index in [1.165, 1.54) is 44.9 Å². The topological polar surface area (TPSA) is 8.81 Å². The van der Waals surface area contributed by atoms with Crippen LogP contribution < -0.4 is 4.68 Å². The summed E-state index contributed by atoms with van der Waals surface area (Å²) in [6, 6.07) is 28.5. The lowest BCUT2D eigenvalue weighted by Crippen LogP contribution is -2.51. The number of benzene rings is 3. The van der Waals surface area contributed by atoms with Gasteiger partial charge in [-0.25, -0.2) is 0 Å². The van der Waals surface area contributed by atoms with E-state index in [1.54, 1.807) is 0 Å². The first-order valence-electron chi connectivity index (χ1n) is 11.1. The van der Waals surface area contributed by atoms with Crippen LogP contribution in [0.4, 0.5) is 0 Å². The Bertz CT molecular complexity index is 1280. The minimum Gasteiger partial charge on any atom is -0.123 e. The monoisotopic (exact) mass is 407 g/mol. The predicted molar refractivity (Wildman–Crippen MR) is 129 cm³/mol. The van der Waals surface area contributed by atoms with Crippen LogP contribution in [0.15, 0.2) is 78.9 Å². The minimum atomic E-state index is -0.0796. The molecule has 0 fully saturated rings. The Morgan fingerprint density at radius 3 is 1.87 bits per heavy atom. The molecule has 0 N–H and O–H groups in total. The molecule has 0 radical (unpaired) electrons. The standard InChI is InChI=1S/C29H31N2/c1-20-14-13-19-23-25(20)31-27(29(4,5)28(23,2)3)24(21-15-9-7-10-16-21)26(30(31)6)22-17-11-8-12-18-22/h7-19H,1-6H3/q+1. The molecule has 5 rings (SSSR count). The van der Waals surface area contributed by atoms with E-state index in [0.29, 0.717) is 0 Å². The fourth-order valence-electron chi connectivity index (χ4n) is 5.35. The zero-order valence-electron chi connectivity index (χ0n) is 19.4. The van der Waals surface area contributed by atoms with Gasteiger partial charge in [-0.15, -0.1) is 9.36 Å². The van der Waals surface area contributed by atoms with E-state index >= 15 is 0 Å². The molecule has 156 valence electrons. The highest BCUT2D eigenvalue weighted by atomic mass is 15.4. The Hall–Kier alpha value is -3.13. The van der Waals surface area contributed by atoms with Gasteiger partial charge in [-0.1, -0.05) is 94.4 Å². The third-order valence-electron chi connectivity index (χ3n) is 7.70. The normalized spacial score (nSPS) is 15.9. The predicted octanol–water partition coefficient (Wildman–Crippen LogP) is 6.51. The summed E-state index contributed by atoms with van der Waals surface area (Å²) in [6.07, 6.45) is 0. The van der Waals surface area contributed by atoms with Crippen molar-refractivity contribution in [3.8, 4) is 28.1 Å². The molecule has 0 saturated heterocycles. The van der Waals surface area contributed by atoms with Crippen molar-refractivity contribution in [2.75, 3.05) is 0 Å². The summed E-state index contributed by atoms with van der Waals surface area (Å²) in [4.78, 5) is 0. The van der Waals surface area contributed by atoms with Crippen molar-refractivity contribution in [3.05, 3.63) is 95.7 Å². The zero-order chi connectivity index (χ0) is 22.0. The summed E-state index contributed by atoms with van der Waals surface area (Å²) in [7, 11) is 2.21. The van der Waals surface area contributed by atoms with Crippen LogP contribution in [0.25, 0.3) is 28.1 Å². The fourth-order valence-corrected chi connectivity index (χ4v) is 5.35. The molecule has 1 aliphatic rings. The van der Waals surface area contributed by atoms with E-state index in [0.717, 1.165) is 0 Å². The molecular weight excluding hydrogens is 376 g/mol. The number of nitrogens with zero attached hydrogens (tertiary/aromatic N) is 2. The van der Waals surface area contributed by atoms with Gasteiger partial charge in [0.15, 0.2) is 7.05 Å². The molecule has 0 spiro atoms. The summed E-state index contributed by atoms with van der Waals surface area (Å²) in [5.74, 6) is 0. The van der Waals surface area contributed by atoms with Crippen molar-refractivity contribution in [1.29, 1.82) is 0 Å². The van der Waals surface area contributed by atoms with E-state index in [1.807, 2.05) is 0 Å². The molecule has 0 bridgehead atoms. The maximum Gasteiger partial charge on any atom is 0.246 e. The average Bonchev–Trinajstić information content (AvgIpc) is 3.07. The maximum absolute atomic E-state index is 2.49. The highest BCUT2D eigenvalue weighted by Crippen LogP contribution is 2.54. The second kappa shape index (κ2) is 6.68. The van der Waals surface area contributed by atoms with E-state index in [4.69, 9.17) is 0 Å². The van der Waals surface area contributed by atoms with Gasteiger partial charge in [0.25, 0.3) is 0 Å². The van der Waals surface area contributed by atoms with Gasteiger partial charge in [-0.05, 0) is 35.7 Å². The first kappa shape index (κ1) is 19.8. The average molecular weight is 408 g/mol. The van der Waals surface area contributed by atoms with Crippen molar-refractivity contribution in [2.24, 2.45) is 7.05 Å². The third kappa shape index (κ3) is 2.61. The van der Waals surface area contributed by atoms with Gasteiger partial charge < -0.3 is 0 Å². The number of hydrogen-bond acceptors (Lipinski definition) is 0. The second-order valence-corrected chi connectivity index (χ2v) is 9.86. The summed E-state index contributed by atoms with van der Waals surface area (Å²) in [6.45, 7) is 11.9. The molecule has 0 atom stereocenters. The SMILES string of the molecule is Cc1cccc2c1-n1c(c(-c3ccccc3)c(-c3ccccc3)[n+]1C)C(C)(C)C2(C)C. The van der Waals surface area contributed by atoms with Crippen LogP contribution in [-0.4, -0.2) is 4.68 Å². The van der Waals surface area contributed by atoms with Crippen LogP contribution in [-0.2, 0) is 17.9 Å². The fraction of sp³-hybridized carbons (Fsp3) is 0.276. The molecule has 1 aromatic heterocycles. The number of rotatable bonds is 2. The number of aromatic nitrogens is 2. The Morgan fingerprint density at radius 1 is 0.677 bits per heavy atom. The van der Waals surface area contributed by atoms with E-state index in [2.05, 4.69) is 130 Å². The van der Waals surface area contributed by atoms with Gasteiger partial charge in [0.1, 0.15) is 11.4 Å². The van der Waals surface area contributed by atoms with E-state index < -0.39 is 0 Å². The van der Waals surface area contributed by atoms with Crippen molar-refractivity contribution in [2.45, 2.75) is 45.4 Å². The van der Waals surface area contributed by atoms with Gasteiger partial charge in [-0.3, -0.25) is 0 Å². The number of para-hydroxylation sites is 1. The van der Waals surface area contributed by atoms with Crippen molar-refractivity contribution in [3.63, 3.8) is 0 Å². The van der Waals surface area contributed by atoms with Gasteiger partial charge in [-0.2, -0.15) is 0 Å². The Labute approximate surface area is 185 Å². The van der Waals surface area contributed by atoms with E-state index in [-0.39, 0.29) is 10.8 Å². The summed E-state index contributed by atoms with van der Waals surface area (Å²) in [5, 5.41) is 0. The molecule has 0 unspecified atom stereocenters. The number of aryl methyl sites for hydroxylation is 1. The molecule has 2 nitrogen and oxygen atoms in total. The molecule has 0 amide bonds. The molecule has 1 aliphatic heterocycles. The van der Waals surface area contributed by atoms with Gasteiger partial charge in [0, 0.05) is 16.4 Å². The first-order valence-corrected chi connectivity index (χ1v) is 11.1. The molecule has 2 heteroatoms. The first-order chi connectivity index (χ1) is 14.8. The second-order valence-electron chi connectivity index (χ2n) is 9.86.